The van der Waals surface area contributed by atoms with Crippen LogP contribution >= 0.6 is 0 Å². The first kappa shape index (κ1) is 19.1. The van der Waals surface area contributed by atoms with Crippen LogP contribution in [0.1, 0.15) is 44.2 Å². The Hall–Kier alpha value is -1.92. The van der Waals surface area contributed by atoms with Gasteiger partial charge < -0.3 is 9.30 Å². The molecule has 0 bridgehead atoms. The Labute approximate surface area is 173 Å². The molecule has 2 aromatic heterocycles. The Balaban J connectivity index is 1.12. The van der Waals surface area contributed by atoms with Crippen LogP contribution in [0.4, 0.5) is 0 Å². The van der Waals surface area contributed by atoms with Gasteiger partial charge in [-0.15, -0.1) is 0 Å². The number of pyridine rings is 1. The molecule has 4 heterocycles. The average Bonchev–Trinajstić information content (AvgIpc) is 3.17. The SMILES string of the molecule is O=C(CN1CCN(Cc2cn3ccccc3n2)CC1)N1CCC[C@H]2CCCC[C@@H]21. The molecule has 0 spiro atoms. The fourth-order valence-electron chi connectivity index (χ4n) is 5.61. The van der Waals surface area contributed by atoms with E-state index in [1.807, 2.05) is 24.4 Å². The van der Waals surface area contributed by atoms with E-state index < -0.39 is 0 Å². The molecule has 5 rings (SSSR count). The third-order valence-electron chi connectivity index (χ3n) is 7.19. The van der Waals surface area contributed by atoms with E-state index in [-0.39, 0.29) is 0 Å². The van der Waals surface area contributed by atoms with Gasteiger partial charge in [0.15, 0.2) is 0 Å². The lowest BCUT2D eigenvalue weighted by Crippen LogP contribution is -2.54. The molecule has 3 aliphatic rings. The minimum absolute atomic E-state index is 0.371. The monoisotopic (exact) mass is 395 g/mol. The Morgan fingerprint density at radius 3 is 2.62 bits per heavy atom. The quantitative estimate of drug-likeness (QED) is 0.798. The fourth-order valence-corrected chi connectivity index (χ4v) is 5.61. The van der Waals surface area contributed by atoms with Gasteiger partial charge in [-0.25, -0.2) is 4.98 Å². The lowest BCUT2D eigenvalue weighted by molar-refractivity contribution is -0.139. The summed E-state index contributed by atoms with van der Waals surface area (Å²) in [5.74, 6) is 1.14. The molecule has 0 aromatic carbocycles. The highest BCUT2D eigenvalue weighted by Gasteiger charge is 2.36. The summed E-state index contributed by atoms with van der Waals surface area (Å²) in [6.45, 7) is 6.43. The van der Waals surface area contributed by atoms with E-state index in [1.54, 1.807) is 0 Å². The fraction of sp³-hybridized carbons (Fsp3) is 0.652. The Morgan fingerprint density at radius 1 is 0.966 bits per heavy atom. The van der Waals surface area contributed by atoms with Crippen molar-refractivity contribution in [2.45, 2.75) is 51.1 Å². The smallest absolute Gasteiger partial charge is 0.237 e. The second kappa shape index (κ2) is 8.44. The lowest BCUT2D eigenvalue weighted by Gasteiger charge is -2.45. The molecule has 0 radical (unpaired) electrons. The maximum Gasteiger partial charge on any atom is 0.237 e. The molecule has 3 fully saturated rings. The number of rotatable bonds is 4. The number of nitrogens with zero attached hydrogens (tertiary/aromatic N) is 5. The number of imidazole rings is 1. The number of likely N-dealkylation sites (tertiary alicyclic amines) is 1. The molecule has 6 nitrogen and oxygen atoms in total. The van der Waals surface area contributed by atoms with Crippen LogP contribution in [0.15, 0.2) is 30.6 Å². The summed E-state index contributed by atoms with van der Waals surface area (Å²) in [7, 11) is 0. The van der Waals surface area contributed by atoms with Gasteiger partial charge in [0.2, 0.25) is 5.91 Å². The number of amides is 1. The summed E-state index contributed by atoms with van der Waals surface area (Å²) in [5, 5.41) is 0. The first-order valence-electron chi connectivity index (χ1n) is 11.4. The molecule has 6 heteroatoms. The van der Waals surface area contributed by atoms with Gasteiger partial charge in [0.25, 0.3) is 0 Å². The number of fused-ring (bicyclic) bond motifs is 2. The summed E-state index contributed by atoms with van der Waals surface area (Å²) in [6.07, 6.45) is 11.9. The van der Waals surface area contributed by atoms with Crippen LogP contribution in [0.5, 0.6) is 0 Å². The Kier molecular flexibility index (Phi) is 5.55. The topological polar surface area (TPSA) is 44.1 Å². The first-order valence-corrected chi connectivity index (χ1v) is 11.4. The van der Waals surface area contributed by atoms with Gasteiger partial charge in [0.05, 0.1) is 12.2 Å². The molecule has 29 heavy (non-hydrogen) atoms. The average molecular weight is 396 g/mol. The molecule has 0 unspecified atom stereocenters. The minimum Gasteiger partial charge on any atom is -0.338 e. The van der Waals surface area contributed by atoms with Gasteiger partial charge in [0, 0.05) is 57.7 Å². The summed E-state index contributed by atoms with van der Waals surface area (Å²) in [5.41, 5.74) is 2.13. The molecule has 1 amide bonds. The van der Waals surface area contributed by atoms with E-state index in [9.17, 15) is 4.79 Å². The lowest BCUT2D eigenvalue weighted by atomic mass is 9.78. The van der Waals surface area contributed by atoms with Crippen molar-refractivity contribution in [3.63, 3.8) is 0 Å². The zero-order valence-corrected chi connectivity index (χ0v) is 17.4. The zero-order chi connectivity index (χ0) is 19.6. The first-order chi connectivity index (χ1) is 14.3. The van der Waals surface area contributed by atoms with Gasteiger partial charge in [-0.05, 0) is 43.7 Å². The van der Waals surface area contributed by atoms with Crippen molar-refractivity contribution in [2.24, 2.45) is 5.92 Å². The van der Waals surface area contributed by atoms with Crippen LogP contribution in [0.3, 0.4) is 0 Å². The standard InChI is InChI=1S/C23H33N5O/c29-23(28-11-5-7-19-6-1-2-8-21(19)28)18-26-14-12-25(13-15-26)16-20-17-27-10-4-3-9-22(27)24-20/h3-4,9-10,17,19,21H,1-2,5-8,11-16,18H2/t19-,21+/m1/s1. The highest BCUT2D eigenvalue weighted by Crippen LogP contribution is 2.35. The van der Waals surface area contributed by atoms with Crippen LogP contribution < -0.4 is 0 Å². The van der Waals surface area contributed by atoms with E-state index in [4.69, 9.17) is 4.98 Å². The third kappa shape index (κ3) is 4.19. The Morgan fingerprint density at radius 2 is 1.76 bits per heavy atom. The molecular weight excluding hydrogens is 362 g/mol. The second-order valence-corrected chi connectivity index (χ2v) is 9.09. The van der Waals surface area contributed by atoms with Gasteiger partial charge in [-0.1, -0.05) is 18.9 Å². The van der Waals surface area contributed by atoms with Gasteiger partial charge in [0.1, 0.15) is 5.65 Å². The van der Waals surface area contributed by atoms with Crippen molar-refractivity contribution in [3.05, 3.63) is 36.3 Å². The van der Waals surface area contributed by atoms with Gasteiger partial charge in [-0.2, -0.15) is 0 Å². The van der Waals surface area contributed by atoms with Crippen molar-refractivity contribution in [1.29, 1.82) is 0 Å². The van der Waals surface area contributed by atoms with Crippen LogP contribution in [0.25, 0.3) is 5.65 Å². The summed E-state index contributed by atoms with van der Waals surface area (Å²) in [4.78, 5) is 24.8. The molecule has 2 aliphatic heterocycles. The number of carbonyl (C=O) groups is 1. The molecular formula is C23H33N5O. The molecule has 2 saturated heterocycles. The number of aromatic nitrogens is 2. The summed E-state index contributed by atoms with van der Waals surface area (Å²) < 4.78 is 2.08. The van der Waals surface area contributed by atoms with Crippen molar-refractivity contribution >= 4 is 11.6 Å². The van der Waals surface area contributed by atoms with E-state index in [2.05, 4.69) is 25.3 Å². The molecule has 0 N–H and O–H groups in total. The zero-order valence-electron chi connectivity index (χ0n) is 17.4. The van der Waals surface area contributed by atoms with Crippen molar-refractivity contribution in [2.75, 3.05) is 39.3 Å². The molecule has 1 aliphatic carbocycles. The van der Waals surface area contributed by atoms with Crippen LogP contribution in [-0.2, 0) is 11.3 Å². The number of carbonyl (C=O) groups excluding carboxylic acids is 1. The number of piperazine rings is 1. The maximum absolute atomic E-state index is 13.1. The minimum atomic E-state index is 0.371. The molecule has 1 saturated carbocycles. The van der Waals surface area contributed by atoms with Crippen molar-refractivity contribution < 1.29 is 4.79 Å². The number of piperidine rings is 1. The molecule has 156 valence electrons. The molecule has 2 aromatic rings. The van der Waals surface area contributed by atoms with Gasteiger partial charge in [-0.3, -0.25) is 14.6 Å². The van der Waals surface area contributed by atoms with E-state index in [1.165, 1.54) is 38.5 Å². The van der Waals surface area contributed by atoms with Crippen LogP contribution in [0.2, 0.25) is 0 Å². The highest BCUT2D eigenvalue weighted by atomic mass is 16.2. The maximum atomic E-state index is 13.1. The summed E-state index contributed by atoms with van der Waals surface area (Å²) >= 11 is 0. The largest absolute Gasteiger partial charge is 0.338 e. The highest BCUT2D eigenvalue weighted by molar-refractivity contribution is 5.78. The molecule has 2 atom stereocenters. The van der Waals surface area contributed by atoms with Crippen molar-refractivity contribution in [3.8, 4) is 0 Å². The number of hydrogen-bond acceptors (Lipinski definition) is 4. The second-order valence-electron chi connectivity index (χ2n) is 9.09. The predicted octanol–water partition coefficient (Wildman–Crippen LogP) is 2.63. The predicted molar refractivity (Wildman–Crippen MR) is 114 cm³/mol. The normalized spacial score (nSPS) is 26.6. The summed E-state index contributed by atoms with van der Waals surface area (Å²) in [6, 6.07) is 6.64. The third-order valence-corrected chi connectivity index (χ3v) is 7.19. The number of hydrogen-bond donors (Lipinski definition) is 0. The van der Waals surface area contributed by atoms with Crippen molar-refractivity contribution in [1.82, 2.24) is 24.1 Å². The van der Waals surface area contributed by atoms with Crippen LogP contribution in [0, 0.1) is 5.92 Å². The van der Waals surface area contributed by atoms with E-state index in [0.29, 0.717) is 18.5 Å². The van der Waals surface area contributed by atoms with E-state index in [0.717, 1.165) is 56.5 Å². The van der Waals surface area contributed by atoms with E-state index >= 15 is 0 Å². The van der Waals surface area contributed by atoms with Gasteiger partial charge >= 0.3 is 0 Å². The van der Waals surface area contributed by atoms with Crippen LogP contribution in [-0.4, -0.2) is 75.3 Å². The Bertz CT molecular complexity index is 806.